The van der Waals surface area contributed by atoms with Crippen LogP contribution in [0.5, 0.6) is 5.75 Å². The Morgan fingerprint density at radius 1 is 1.25 bits per heavy atom. The quantitative estimate of drug-likeness (QED) is 0.670. The molecular formula is C17H20N2O4S. The van der Waals surface area contributed by atoms with Crippen LogP contribution >= 0.6 is 11.3 Å². The second-order valence-corrected chi connectivity index (χ2v) is 5.78. The van der Waals surface area contributed by atoms with Gasteiger partial charge in [0.05, 0.1) is 18.4 Å². The molecular weight excluding hydrogens is 328 g/mol. The van der Waals surface area contributed by atoms with Crippen LogP contribution in [0.25, 0.3) is 0 Å². The number of aliphatic hydroxyl groups is 1. The van der Waals surface area contributed by atoms with Crippen molar-refractivity contribution >= 4 is 28.8 Å². The van der Waals surface area contributed by atoms with Gasteiger partial charge in [-0.25, -0.2) is 0 Å². The molecule has 1 aromatic heterocycles. The average Bonchev–Trinajstić information content (AvgIpc) is 3.11. The van der Waals surface area contributed by atoms with E-state index in [0.29, 0.717) is 24.5 Å². The second kappa shape index (κ2) is 9.05. The van der Waals surface area contributed by atoms with Crippen molar-refractivity contribution in [2.45, 2.75) is 19.4 Å². The van der Waals surface area contributed by atoms with Crippen molar-refractivity contribution in [3.63, 3.8) is 0 Å². The predicted molar refractivity (Wildman–Crippen MR) is 93.1 cm³/mol. The van der Waals surface area contributed by atoms with Gasteiger partial charge in [0.1, 0.15) is 5.75 Å². The molecule has 24 heavy (non-hydrogen) atoms. The molecule has 0 fully saturated rings. The lowest BCUT2D eigenvalue weighted by atomic mass is 10.1. The molecule has 0 saturated carbocycles. The number of rotatable bonds is 7. The molecule has 2 amide bonds. The SMILES string of the molecule is CCOc1ccccc1NC(=O)C(=O)NCCC(O)c1ccsc1. The Kier molecular flexibility index (Phi) is 6.77. The lowest BCUT2D eigenvalue weighted by Crippen LogP contribution is -2.36. The maximum atomic E-state index is 11.9. The van der Waals surface area contributed by atoms with Gasteiger partial charge in [-0.3, -0.25) is 9.59 Å². The van der Waals surface area contributed by atoms with Gasteiger partial charge in [0, 0.05) is 6.54 Å². The fourth-order valence-corrected chi connectivity index (χ4v) is 2.77. The predicted octanol–water partition coefficient (Wildman–Crippen LogP) is 2.33. The Balaban J connectivity index is 1.81. The summed E-state index contributed by atoms with van der Waals surface area (Å²) in [7, 11) is 0. The molecule has 1 heterocycles. The highest BCUT2D eigenvalue weighted by molar-refractivity contribution is 7.07. The molecule has 1 unspecified atom stereocenters. The van der Waals surface area contributed by atoms with Crippen molar-refractivity contribution in [2.24, 2.45) is 0 Å². The fourth-order valence-electron chi connectivity index (χ4n) is 2.06. The Morgan fingerprint density at radius 2 is 2.04 bits per heavy atom. The maximum absolute atomic E-state index is 11.9. The van der Waals surface area contributed by atoms with Crippen molar-refractivity contribution in [3.05, 3.63) is 46.7 Å². The van der Waals surface area contributed by atoms with Crippen molar-refractivity contribution in [3.8, 4) is 5.75 Å². The number of thiophene rings is 1. The van der Waals surface area contributed by atoms with Gasteiger partial charge in [-0.15, -0.1) is 0 Å². The largest absolute Gasteiger partial charge is 0.492 e. The third-order valence-corrected chi connectivity index (χ3v) is 3.97. The standard InChI is InChI=1S/C17H20N2O4S/c1-2-23-15-6-4-3-5-13(15)19-17(22)16(21)18-9-7-14(20)12-8-10-24-11-12/h3-6,8,10-11,14,20H,2,7,9H2,1H3,(H,18,21)(H,19,22). The summed E-state index contributed by atoms with van der Waals surface area (Å²) in [6.45, 7) is 2.50. The number of para-hydroxylation sites is 2. The number of benzene rings is 1. The summed E-state index contributed by atoms with van der Waals surface area (Å²) < 4.78 is 5.39. The molecule has 7 heteroatoms. The first-order valence-electron chi connectivity index (χ1n) is 7.63. The van der Waals surface area contributed by atoms with Crippen molar-refractivity contribution in [1.82, 2.24) is 5.32 Å². The number of nitrogens with one attached hydrogen (secondary N) is 2. The van der Waals surface area contributed by atoms with Crippen LogP contribution in [0.3, 0.4) is 0 Å². The van der Waals surface area contributed by atoms with Gasteiger partial charge in [-0.1, -0.05) is 12.1 Å². The highest BCUT2D eigenvalue weighted by atomic mass is 32.1. The summed E-state index contributed by atoms with van der Waals surface area (Å²) >= 11 is 1.50. The molecule has 0 spiro atoms. The van der Waals surface area contributed by atoms with E-state index < -0.39 is 17.9 Å². The number of ether oxygens (including phenoxy) is 1. The molecule has 2 aromatic rings. The van der Waals surface area contributed by atoms with Gasteiger partial charge >= 0.3 is 11.8 Å². The molecule has 0 aliphatic heterocycles. The fraction of sp³-hybridized carbons (Fsp3) is 0.294. The van der Waals surface area contributed by atoms with Gasteiger partial charge in [0.15, 0.2) is 0 Å². The Bertz CT molecular complexity index is 673. The third-order valence-electron chi connectivity index (χ3n) is 3.27. The number of anilines is 1. The number of aliphatic hydroxyl groups excluding tert-OH is 1. The van der Waals surface area contributed by atoms with Crippen LogP contribution in [0.1, 0.15) is 25.0 Å². The number of carbonyl (C=O) groups is 2. The smallest absolute Gasteiger partial charge is 0.313 e. The Labute approximate surface area is 144 Å². The molecule has 0 radical (unpaired) electrons. The minimum atomic E-state index is -0.771. The lowest BCUT2D eigenvalue weighted by molar-refractivity contribution is -0.136. The molecule has 1 aromatic carbocycles. The molecule has 0 aliphatic rings. The van der Waals surface area contributed by atoms with Crippen LogP contribution in [0.2, 0.25) is 0 Å². The highest BCUT2D eigenvalue weighted by Crippen LogP contribution is 2.23. The van der Waals surface area contributed by atoms with Gasteiger partial charge in [-0.2, -0.15) is 11.3 Å². The van der Waals surface area contributed by atoms with Gasteiger partial charge in [0.25, 0.3) is 0 Å². The normalized spacial score (nSPS) is 11.6. The van der Waals surface area contributed by atoms with Crippen molar-refractivity contribution < 1.29 is 19.4 Å². The summed E-state index contributed by atoms with van der Waals surface area (Å²) in [6.07, 6.45) is -0.316. The van der Waals surface area contributed by atoms with Crippen LogP contribution < -0.4 is 15.4 Å². The van der Waals surface area contributed by atoms with Crippen LogP contribution in [-0.2, 0) is 9.59 Å². The van der Waals surface area contributed by atoms with Crippen LogP contribution in [0.4, 0.5) is 5.69 Å². The topological polar surface area (TPSA) is 87.7 Å². The summed E-state index contributed by atoms with van der Waals surface area (Å²) in [5, 5.41) is 18.7. The molecule has 0 aliphatic carbocycles. The van der Waals surface area contributed by atoms with Gasteiger partial charge < -0.3 is 20.5 Å². The summed E-state index contributed by atoms with van der Waals surface area (Å²) in [6, 6.07) is 8.74. The molecule has 6 nitrogen and oxygen atoms in total. The van der Waals surface area contributed by atoms with Crippen LogP contribution in [0.15, 0.2) is 41.1 Å². The van der Waals surface area contributed by atoms with E-state index in [0.717, 1.165) is 5.56 Å². The monoisotopic (exact) mass is 348 g/mol. The van der Waals surface area contributed by atoms with E-state index in [2.05, 4.69) is 10.6 Å². The van der Waals surface area contributed by atoms with E-state index in [1.807, 2.05) is 23.8 Å². The first-order chi connectivity index (χ1) is 11.6. The minimum absolute atomic E-state index is 0.205. The molecule has 3 N–H and O–H groups in total. The zero-order valence-electron chi connectivity index (χ0n) is 13.3. The molecule has 2 rings (SSSR count). The van der Waals surface area contributed by atoms with E-state index >= 15 is 0 Å². The maximum Gasteiger partial charge on any atom is 0.313 e. The molecule has 0 bridgehead atoms. The number of hydrogen-bond donors (Lipinski definition) is 3. The minimum Gasteiger partial charge on any atom is -0.492 e. The summed E-state index contributed by atoms with van der Waals surface area (Å²) in [4.78, 5) is 23.8. The molecule has 1 atom stereocenters. The summed E-state index contributed by atoms with van der Waals surface area (Å²) in [5.74, 6) is -1.01. The van der Waals surface area contributed by atoms with E-state index in [1.54, 1.807) is 24.3 Å². The van der Waals surface area contributed by atoms with Crippen molar-refractivity contribution in [1.29, 1.82) is 0 Å². The first-order valence-corrected chi connectivity index (χ1v) is 8.57. The van der Waals surface area contributed by atoms with Crippen LogP contribution in [0, 0.1) is 0 Å². The van der Waals surface area contributed by atoms with E-state index in [9.17, 15) is 14.7 Å². The second-order valence-electron chi connectivity index (χ2n) is 5.00. The number of carbonyl (C=O) groups excluding carboxylic acids is 2. The zero-order chi connectivity index (χ0) is 17.4. The van der Waals surface area contributed by atoms with Crippen LogP contribution in [-0.4, -0.2) is 30.1 Å². The average molecular weight is 348 g/mol. The Morgan fingerprint density at radius 3 is 2.75 bits per heavy atom. The van der Waals surface area contributed by atoms with Gasteiger partial charge in [-0.05, 0) is 47.9 Å². The summed E-state index contributed by atoms with van der Waals surface area (Å²) in [5.41, 5.74) is 1.25. The molecule has 128 valence electrons. The van der Waals surface area contributed by atoms with Gasteiger partial charge in [0.2, 0.25) is 0 Å². The van der Waals surface area contributed by atoms with E-state index in [4.69, 9.17) is 4.74 Å². The zero-order valence-corrected chi connectivity index (χ0v) is 14.1. The third kappa shape index (κ3) is 5.07. The number of hydrogen-bond acceptors (Lipinski definition) is 5. The number of amides is 2. The van der Waals surface area contributed by atoms with E-state index in [-0.39, 0.29) is 6.54 Å². The molecule has 0 saturated heterocycles. The van der Waals surface area contributed by atoms with E-state index in [1.165, 1.54) is 11.3 Å². The Hall–Kier alpha value is -2.38. The highest BCUT2D eigenvalue weighted by Gasteiger charge is 2.16. The lowest BCUT2D eigenvalue weighted by Gasteiger charge is -2.12. The first kappa shape index (κ1) is 18.0. The van der Waals surface area contributed by atoms with Crippen molar-refractivity contribution in [2.75, 3.05) is 18.5 Å².